The Bertz CT molecular complexity index is 1700. The van der Waals surface area contributed by atoms with Gasteiger partial charge in [-0.3, -0.25) is 14.2 Å². The molecule has 0 radical (unpaired) electrons. The van der Waals surface area contributed by atoms with E-state index in [9.17, 15) is 19.0 Å². The Hall–Kier alpha value is -2.55. The molecule has 0 aliphatic heterocycles. The zero-order valence-electron chi connectivity index (χ0n) is 57.5. The second-order valence-corrected chi connectivity index (χ2v) is 27.5. The highest BCUT2D eigenvalue weighted by molar-refractivity contribution is 7.45. The monoisotopic (exact) mass is 1230 g/mol. The third kappa shape index (κ3) is 65.9. The van der Waals surface area contributed by atoms with Crippen LogP contribution in [-0.2, 0) is 27.9 Å². The number of likely N-dealkylation sites (N-methyl/N-ethyl adjacent to an activating group) is 1. The first-order chi connectivity index (χ1) is 41.9. The van der Waals surface area contributed by atoms with E-state index in [-0.39, 0.29) is 31.5 Å². The smallest absolute Gasteiger partial charge is 0.306 e. The number of allylic oxidation sites excluding steroid dienone is 11. The Morgan fingerprint density at radius 1 is 0.419 bits per heavy atom. The van der Waals surface area contributed by atoms with Crippen LogP contribution in [-0.4, -0.2) is 69.4 Å². The molecule has 0 rings (SSSR count). The molecule has 0 aliphatic carbocycles. The molecule has 0 saturated carbocycles. The lowest BCUT2D eigenvalue weighted by molar-refractivity contribution is -0.870. The van der Waals surface area contributed by atoms with Gasteiger partial charge in [0, 0.05) is 12.8 Å². The van der Waals surface area contributed by atoms with E-state index in [1.54, 1.807) is 0 Å². The molecule has 10 heteroatoms. The van der Waals surface area contributed by atoms with Gasteiger partial charge < -0.3 is 28.5 Å². The maximum Gasteiger partial charge on any atom is 0.306 e. The Labute approximate surface area is 533 Å². The molecule has 0 heterocycles. The number of phosphoric ester groups is 1. The van der Waals surface area contributed by atoms with Crippen LogP contribution >= 0.6 is 7.82 Å². The fourth-order valence-corrected chi connectivity index (χ4v) is 11.5. The predicted octanol–water partition coefficient (Wildman–Crippen LogP) is 22.9. The number of unbranched alkanes of at least 4 members (excludes halogenated alkanes) is 41. The first kappa shape index (κ1) is 83.5. The molecule has 0 aliphatic rings. The van der Waals surface area contributed by atoms with Gasteiger partial charge in [0.15, 0.2) is 0 Å². The summed E-state index contributed by atoms with van der Waals surface area (Å²) in [6.45, 7) is 6.77. The zero-order valence-corrected chi connectivity index (χ0v) is 58.4. The van der Waals surface area contributed by atoms with E-state index in [0.29, 0.717) is 17.4 Å². The predicted molar refractivity (Wildman–Crippen MR) is 372 cm³/mol. The van der Waals surface area contributed by atoms with Crippen molar-refractivity contribution in [2.24, 2.45) is 0 Å². The molecule has 9 nitrogen and oxygen atoms in total. The van der Waals surface area contributed by atoms with E-state index in [2.05, 4.69) is 86.8 Å². The molecule has 0 bridgehead atoms. The van der Waals surface area contributed by atoms with Crippen molar-refractivity contribution in [3.05, 3.63) is 72.9 Å². The highest BCUT2D eigenvalue weighted by Crippen LogP contribution is 2.38. The van der Waals surface area contributed by atoms with Crippen molar-refractivity contribution in [3.63, 3.8) is 0 Å². The lowest BCUT2D eigenvalue weighted by atomic mass is 10.0. The molecule has 0 spiro atoms. The van der Waals surface area contributed by atoms with Gasteiger partial charge >= 0.3 is 5.97 Å². The molecule has 0 aromatic carbocycles. The van der Waals surface area contributed by atoms with Crippen molar-refractivity contribution >= 4 is 19.7 Å². The summed E-state index contributed by atoms with van der Waals surface area (Å²) in [6, 6.07) is -0.893. The van der Waals surface area contributed by atoms with Crippen LogP contribution in [0, 0.1) is 0 Å². The van der Waals surface area contributed by atoms with Crippen LogP contribution in [0.3, 0.4) is 0 Å². The molecule has 3 unspecified atom stereocenters. The number of ether oxygens (including phenoxy) is 1. The van der Waals surface area contributed by atoms with Crippen LogP contribution in [0.1, 0.15) is 348 Å². The molecule has 0 saturated heterocycles. The minimum Gasteiger partial charge on any atom is -0.756 e. The van der Waals surface area contributed by atoms with E-state index in [1.807, 2.05) is 33.3 Å². The number of nitrogens with one attached hydrogen (secondary N) is 1. The Morgan fingerprint density at radius 3 is 1.12 bits per heavy atom. The minimum atomic E-state index is -4.71. The van der Waals surface area contributed by atoms with Crippen LogP contribution < -0.4 is 10.2 Å². The number of carbonyl (C=O) groups is 2. The van der Waals surface area contributed by atoms with E-state index in [4.69, 9.17) is 13.8 Å². The van der Waals surface area contributed by atoms with E-state index >= 15 is 0 Å². The van der Waals surface area contributed by atoms with Gasteiger partial charge in [-0.2, -0.15) is 0 Å². The van der Waals surface area contributed by atoms with E-state index in [1.165, 1.54) is 212 Å². The van der Waals surface area contributed by atoms with E-state index < -0.39 is 20.0 Å². The maximum atomic E-state index is 13.6. The molecular formula is C76H141N2O7P. The average Bonchev–Trinajstić information content (AvgIpc) is 3.69. The van der Waals surface area contributed by atoms with Crippen molar-refractivity contribution < 1.29 is 37.3 Å². The van der Waals surface area contributed by atoms with Gasteiger partial charge in [0.05, 0.1) is 33.8 Å². The number of phosphoric acid groups is 1. The average molecular weight is 1230 g/mol. The second-order valence-electron chi connectivity index (χ2n) is 26.1. The number of quaternary nitrogens is 1. The van der Waals surface area contributed by atoms with Crippen molar-refractivity contribution in [2.45, 2.75) is 360 Å². The molecule has 1 amide bonds. The number of hydrogen-bond acceptors (Lipinski definition) is 7. The minimum absolute atomic E-state index is 0.0240. The molecule has 86 heavy (non-hydrogen) atoms. The van der Waals surface area contributed by atoms with Crippen molar-refractivity contribution in [3.8, 4) is 0 Å². The summed E-state index contributed by atoms with van der Waals surface area (Å²) in [5.41, 5.74) is 0. The first-order valence-corrected chi connectivity index (χ1v) is 38.2. The first-order valence-electron chi connectivity index (χ1n) is 36.7. The molecule has 0 aromatic heterocycles. The zero-order chi connectivity index (χ0) is 62.8. The number of esters is 1. The Balaban J connectivity index is 5.03. The maximum absolute atomic E-state index is 13.6. The number of carbonyl (C=O) groups excluding carboxylic acids is 2. The van der Waals surface area contributed by atoms with Gasteiger partial charge in [-0.1, -0.05) is 332 Å². The summed E-state index contributed by atoms with van der Waals surface area (Å²) in [4.78, 5) is 40.2. The summed E-state index contributed by atoms with van der Waals surface area (Å²) in [6.07, 6.45) is 86.0. The molecule has 3 atom stereocenters. The van der Waals surface area contributed by atoms with Crippen LogP contribution in [0.15, 0.2) is 72.9 Å². The molecule has 502 valence electrons. The highest BCUT2D eigenvalue weighted by atomic mass is 31.2. The highest BCUT2D eigenvalue weighted by Gasteiger charge is 2.27. The van der Waals surface area contributed by atoms with Crippen molar-refractivity contribution in [2.75, 3.05) is 40.9 Å². The largest absolute Gasteiger partial charge is 0.756 e. The van der Waals surface area contributed by atoms with Gasteiger partial charge in [-0.05, 0) is 76.7 Å². The van der Waals surface area contributed by atoms with E-state index in [0.717, 1.165) is 103 Å². The normalized spacial score (nSPS) is 13.9. The SMILES string of the molecule is CC/C=C\C/C=C\C/C=C\C/C=C\C/C=C\CCCCCCCCCCCC(=O)NC(COP(=O)([O-])OCC[N+](C)(C)C)C(/C=C/CCCCCCCCCCCC)OC(=O)CCCCCCCCCCCCCCCCCCCCCCCCC. The lowest BCUT2D eigenvalue weighted by Crippen LogP contribution is -2.47. The molecule has 0 fully saturated rings. The fourth-order valence-electron chi connectivity index (χ4n) is 10.8. The number of hydrogen-bond donors (Lipinski definition) is 1. The quantitative estimate of drug-likeness (QED) is 0.0212. The summed E-state index contributed by atoms with van der Waals surface area (Å²) in [5.74, 6) is -0.534. The van der Waals surface area contributed by atoms with Crippen LogP contribution in [0.25, 0.3) is 0 Å². The molecular weight excluding hydrogens is 1080 g/mol. The van der Waals surface area contributed by atoms with Gasteiger partial charge in [-0.25, -0.2) is 0 Å². The number of amides is 1. The summed E-state index contributed by atoms with van der Waals surface area (Å²) < 4.78 is 30.5. The number of nitrogens with zero attached hydrogens (tertiary/aromatic N) is 1. The van der Waals surface area contributed by atoms with Crippen LogP contribution in [0.4, 0.5) is 0 Å². The topological polar surface area (TPSA) is 114 Å². The standard InChI is InChI=1S/C76H141N2O7P/c1-7-10-13-16-19-22-25-28-30-32-34-36-38-39-41-42-44-46-48-50-53-56-59-62-65-68-75(79)77-73(72-84-86(81,82)83-71-70-78(4,5)6)74(67-64-61-58-55-52-27-24-21-18-15-12-9-3)85-76(80)69-66-63-60-57-54-51-49-47-45-43-40-37-35-33-31-29-26-23-20-17-14-11-8-2/h10,13,19,22,28,30,34,36,39,41,64,67,73-74H,7-9,11-12,14-18,20-21,23-27,29,31-33,35,37-38,40,42-63,65-66,68-72H2,1-6H3,(H-,77,79,81,82)/b13-10-,22-19-,30-28-,36-34-,41-39-,67-64+. The van der Waals surface area contributed by atoms with Crippen molar-refractivity contribution in [1.82, 2.24) is 5.32 Å². The fraction of sp³-hybridized carbons (Fsp3) is 0.816. The Morgan fingerprint density at radius 2 is 0.744 bits per heavy atom. The third-order valence-corrected chi connectivity index (χ3v) is 17.4. The molecule has 0 aromatic rings. The second kappa shape index (κ2) is 65.4. The summed E-state index contributed by atoms with van der Waals surface area (Å²) in [5, 5.41) is 3.05. The Kier molecular flexibility index (Phi) is 63.5. The molecule has 1 N–H and O–H groups in total. The van der Waals surface area contributed by atoms with Gasteiger partial charge in [-0.15, -0.1) is 0 Å². The van der Waals surface area contributed by atoms with Gasteiger partial charge in [0.1, 0.15) is 19.3 Å². The lowest BCUT2D eigenvalue weighted by Gasteiger charge is -2.30. The third-order valence-electron chi connectivity index (χ3n) is 16.4. The van der Waals surface area contributed by atoms with Gasteiger partial charge in [0.25, 0.3) is 7.82 Å². The van der Waals surface area contributed by atoms with Crippen LogP contribution in [0.5, 0.6) is 0 Å². The number of rotatable bonds is 67. The van der Waals surface area contributed by atoms with Crippen LogP contribution in [0.2, 0.25) is 0 Å². The summed E-state index contributed by atoms with van der Waals surface area (Å²) >= 11 is 0. The summed E-state index contributed by atoms with van der Waals surface area (Å²) in [7, 11) is 1.19. The van der Waals surface area contributed by atoms with Crippen molar-refractivity contribution in [1.29, 1.82) is 0 Å². The van der Waals surface area contributed by atoms with Gasteiger partial charge in [0.2, 0.25) is 5.91 Å².